The largest absolute Gasteiger partial charge is 0.497 e. The minimum atomic E-state index is -1.62. The van der Waals surface area contributed by atoms with Gasteiger partial charge in [-0.3, -0.25) is 4.98 Å². The number of rotatable bonds is 17. The summed E-state index contributed by atoms with van der Waals surface area (Å²) in [6.45, 7) is 9.08. The van der Waals surface area contributed by atoms with Gasteiger partial charge in [0.2, 0.25) is 0 Å². The molecule has 52 heavy (non-hydrogen) atoms. The van der Waals surface area contributed by atoms with Gasteiger partial charge in [-0.25, -0.2) is 4.67 Å². The van der Waals surface area contributed by atoms with E-state index in [0.29, 0.717) is 0 Å². The van der Waals surface area contributed by atoms with Gasteiger partial charge in [-0.1, -0.05) is 60.7 Å². The molecule has 2 aliphatic rings. The molecule has 0 N–H and O–H groups in total. The van der Waals surface area contributed by atoms with Crippen LogP contribution in [-0.4, -0.2) is 73.6 Å². The third kappa shape index (κ3) is 7.59. The van der Waals surface area contributed by atoms with Gasteiger partial charge in [-0.15, -0.1) is 0 Å². The summed E-state index contributed by atoms with van der Waals surface area (Å²) in [5.41, 5.74) is 1.37. The number of benzene rings is 3. The summed E-state index contributed by atoms with van der Waals surface area (Å²) in [4.78, 5) is 4.66. The second-order valence-corrected chi connectivity index (χ2v) is 14.9. The molecule has 1 unspecified atom stereocenters. The highest BCUT2D eigenvalue weighted by molar-refractivity contribution is 7.44. The van der Waals surface area contributed by atoms with Gasteiger partial charge in [0.25, 0.3) is 8.53 Å². The molecule has 5 atom stereocenters. The van der Waals surface area contributed by atoms with Crippen molar-refractivity contribution in [1.82, 2.24) is 9.65 Å². The monoisotopic (exact) mass is 725 g/mol. The van der Waals surface area contributed by atoms with Crippen molar-refractivity contribution in [3.63, 3.8) is 0 Å². The third-order valence-electron chi connectivity index (χ3n) is 9.55. The van der Waals surface area contributed by atoms with E-state index in [2.05, 4.69) is 55.6 Å². The fourth-order valence-corrected chi connectivity index (χ4v) is 8.97. The maximum Gasteiger partial charge on any atom is 0.259 e. The van der Waals surface area contributed by atoms with Gasteiger partial charge in [-0.05, 0) is 80.8 Å². The number of hydrogen-bond donors (Lipinski definition) is 0. The zero-order valence-electron chi connectivity index (χ0n) is 30.7. The van der Waals surface area contributed by atoms with Crippen molar-refractivity contribution in [3.05, 3.63) is 126 Å². The standard InChI is InChI=1S/C41H48N3O7P/c1-29(2)44(30(3)4)52(49-26-12-24-42)51-39-38-37(36-15-10-11-25-43-36)50-40(39,27-47-38)28-48-41(31-13-8-7-9-14-31,32-16-20-34(45-5)21-17-32)33-18-22-35(46-6)23-19-33/h7-11,13-23,25,29-30,37-39H,12,26-28H2,1-6H3/t37-,38-,39-,40+,52?/m0/s1. The Morgan fingerprint density at radius 2 is 1.46 bits per heavy atom. The summed E-state index contributed by atoms with van der Waals surface area (Å²) in [5.74, 6) is 1.47. The van der Waals surface area contributed by atoms with Crippen LogP contribution in [0.4, 0.5) is 0 Å². The lowest BCUT2D eigenvalue weighted by atomic mass is 9.79. The van der Waals surface area contributed by atoms with E-state index in [1.807, 2.05) is 84.9 Å². The molecule has 2 saturated heterocycles. The molecule has 3 heterocycles. The number of nitrogens with zero attached hydrogens (tertiary/aromatic N) is 3. The minimum Gasteiger partial charge on any atom is -0.497 e. The van der Waals surface area contributed by atoms with Gasteiger partial charge in [0, 0.05) is 18.3 Å². The maximum atomic E-state index is 9.35. The molecule has 2 fully saturated rings. The van der Waals surface area contributed by atoms with Crippen molar-refractivity contribution in [3.8, 4) is 17.6 Å². The van der Waals surface area contributed by atoms with E-state index in [9.17, 15) is 5.26 Å². The summed E-state index contributed by atoms with van der Waals surface area (Å²) >= 11 is 0. The van der Waals surface area contributed by atoms with E-state index >= 15 is 0 Å². The van der Waals surface area contributed by atoms with Crippen LogP contribution in [0.3, 0.4) is 0 Å². The van der Waals surface area contributed by atoms with Gasteiger partial charge in [-0.2, -0.15) is 5.26 Å². The summed E-state index contributed by atoms with van der Waals surface area (Å²) in [5, 5.41) is 9.35. The number of aromatic nitrogens is 1. The Morgan fingerprint density at radius 1 is 0.865 bits per heavy atom. The van der Waals surface area contributed by atoms with Crippen LogP contribution in [0.15, 0.2) is 103 Å². The normalized spacial score (nSPS) is 21.8. The van der Waals surface area contributed by atoms with Crippen LogP contribution in [0.1, 0.15) is 62.6 Å². The molecule has 2 aliphatic heterocycles. The van der Waals surface area contributed by atoms with E-state index < -0.39 is 38.0 Å². The van der Waals surface area contributed by atoms with Gasteiger partial charge in [0.1, 0.15) is 41.0 Å². The molecule has 10 nitrogen and oxygen atoms in total. The van der Waals surface area contributed by atoms with Crippen molar-refractivity contribution < 1.29 is 32.7 Å². The van der Waals surface area contributed by atoms with Crippen LogP contribution >= 0.6 is 8.53 Å². The first kappa shape index (κ1) is 37.8. The van der Waals surface area contributed by atoms with Crippen LogP contribution in [0.25, 0.3) is 0 Å². The Hall–Kier alpha value is -3.91. The fraction of sp³-hybridized carbons (Fsp3) is 0.415. The van der Waals surface area contributed by atoms with Gasteiger partial charge in [0.15, 0.2) is 0 Å². The van der Waals surface area contributed by atoms with Crippen molar-refractivity contribution in [1.29, 1.82) is 5.26 Å². The number of hydrogen-bond acceptors (Lipinski definition) is 10. The van der Waals surface area contributed by atoms with Crippen molar-refractivity contribution in [2.45, 2.75) is 75.7 Å². The van der Waals surface area contributed by atoms with Crippen LogP contribution in [-0.2, 0) is 28.9 Å². The number of methoxy groups -OCH3 is 2. The molecule has 3 aromatic carbocycles. The topological polar surface area (TPSA) is 105 Å². The van der Waals surface area contributed by atoms with Crippen LogP contribution in [0, 0.1) is 11.3 Å². The highest BCUT2D eigenvalue weighted by Crippen LogP contribution is 2.57. The summed E-state index contributed by atoms with van der Waals surface area (Å²) in [7, 11) is 1.69. The average Bonchev–Trinajstić information content (AvgIpc) is 3.67. The first-order valence-electron chi connectivity index (χ1n) is 17.7. The quantitative estimate of drug-likeness (QED) is 0.0605. The molecule has 4 aromatic rings. The molecular weight excluding hydrogens is 677 g/mol. The summed E-state index contributed by atoms with van der Waals surface area (Å²) in [6, 6.07) is 34.3. The van der Waals surface area contributed by atoms with Crippen LogP contribution < -0.4 is 9.47 Å². The molecule has 6 rings (SSSR count). The van der Waals surface area contributed by atoms with E-state index in [4.69, 9.17) is 32.7 Å². The Morgan fingerprint density at radius 3 is 2.00 bits per heavy atom. The zero-order chi connectivity index (χ0) is 36.7. The lowest BCUT2D eigenvalue weighted by Gasteiger charge is -2.41. The van der Waals surface area contributed by atoms with Gasteiger partial charge >= 0.3 is 0 Å². The molecule has 0 spiro atoms. The van der Waals surface area contributed by atoms with Gasteiger partial charge in [0.05, 0.1) is 52.2 Å². The summed E-state index contributed by atoms with van der Waals surface area (Å²) < 4.78 is 47.9. The second-order valence-electron chi connectivity index (χ2n) is 13.5. The zero-order valence-corrected chi connectivity index (χ0v) is 31.6. The minimum absolute atomic E-state index is 0.106. The third-order valence-corrected chi connectivity index (χ3v) is 11.7. The molecule has 11 heteroatoms. The average molecular weight is 726 g/mol. The van der Waals surface area contributed by atoms with Crippen molar-refractivity contribution in [2.75, 3.05) is 34.0 Å². The van der Waals surface area contributed by atoms with E-state index in [1.165, 1.54) is 0 Å². The van der Waals surface area contributed by atoms with Crippen LogP contribution in [0.2, 0.25) is 0 Å². The number of fused-ring (bicyclic) bond motifs is 2. The number of pyridine rings is 1. The van der Waals surface area contributed by atoms with Crippen LogP contribution in [0.5, 0.6) is 11.5 Å². The Balaban J connectivity index is 1.46. The SMILES string of the molecule is COc1ccc(C(OC[C@@]23CO[C@@H]([C@H](c4ccccn4)O2)[C@@H]3OP(OCCC#N)N(C(C)C)C(C)C)(c2ccccc2)c2ccc(OC)cc2)cc1. The molecule has 0 saturated carbocycles. The Bertz CT molecular complexity index is 1700. The molecule has 0 radical (unpaired) electrons. The summed E-state index contributed by atoms with van der Waals surface area (Å²) in [6.07, 6.45) is 0.459. The number of ether oxygens (including phenoxy) is 5. The smallest absolute Gasteiger partial charge is 0.259 e. The first-order chi connectivity index (χ1) is 25.3. The fourth-order valence-electron chi connectivity index (χ4n) is 7.16. The Labute approximate surface area is 308 Å². The van der Waals surface area contributed by atoms with E-state index in [1.54, 1.807) is 20.4 Å². The predicted octanol–water partition coefficient (Wildman–Crippen LogP) is 7.98. The highest BCUT2D eigenvalue weighted by Gasteiger charge is 2.65. The molecule has 0 aliphatic carbocycles. The van der Waals surface area contributed by atoms with E-state index in [-0.39, 0.29) is 38.3 Å². The highest BCUT2D eigenvalue weighted by atomic mass is 31.2. The molecule has 2 bridgehead atoms. The Kier molecular flexibility index (Phi) is 12.2. The molecular formula is C41H48N3O7P. The number of nitriles is 1. The predicted molar refractivity (Wildman–Crippen MR) is 199 cm³/mol. The lowest BCUT2D eigenvalue weighted by Crippen LogP contribution is -2.49. The van der Waals surface area contributed by atoms with Gasteiger partial charge < -0.3 is 32.7 Å². The maximum absolute atomic E-state index is 9.35. The lowest BCUT2D eigenvalue weighted by molar-refractivity contribution is -0.184. The van der Waals surface area contributed by atoms with Crippen molar-refractivity contribution >= 4 is 8.53 Å². The van der Waals surface area contributed by atoms with E-state index in [0.717, 1.165) is 33.9 Å². The molecule has 1 aromatic heterocycles. The molecule has 0 amide bonds. The van der Waals surface area contributed by atoms with Crippen molar-refractivity contribution in [2.24, 2.45) is 0 Å². The molecule has 274 valence electrons. The second kappa shape index (κ2) is 16.8. The first-order valence-corrected chi connectivity index (χ1v) is 18.8.